The number of oxime groups is 1. The quantitative estimate of drug-likeness (QED) is 0.425. The molecule has 0 radical (unpaired) electrons. The third kappa shape index (κ3) is 7.63. The number of hydrogen-bond acceptors (Lipinski definition) is 3. The number of hydrogen-bond donors (Lipinski definition) is 0. The van der Waals surface area contributed by atoms with Gasteiger partial charge in [-0.3, -0.25) is 4.90 Å². The second kappa shape index (κ2) is 8.98. The largest absolute Gasteiger partial charge is 0.395 e. The molecule has 0 bridgehead atoms. The number of nitrogens with zero attached hydrogens (tertiary/aromatic N) is 2. The van der Waals surface area contributed by atoms with Gasteiger partial charge in [-0.1, -0.05) is 18.0 Å². The van der Waals surface area contributed by atoms with E-state index in [-0.39, 0.29) is 12.4 Å². The minimum atomic E-state index is 0. The van der Waals surface area contributed by atoms with Crippen molar-refractivity contribution in [2.75, 3.05) is 26.2 Å². The highest BCUT2D eigenvalue weighted by Crippen LogP contribution is 2.08. The maximum absolute atomic E-state index is 5.18. The summed E-state index contributed by atoms with van der Waals surface area (Å²) in [5.41, 5.74) is 0.987. The normalized spacial score (nSPS) is 17.5. The van der Waals surface area contributed by atoms with Crippen LogP contribution >= 0.6 is 12.4 Å². The van der Waals surface area contributed by atoms with Crippen molar-refractivity contribution >= 4 is 18.1 Å². The van der Waals surface area contributed by atoms with Gasteiger partial charge in [0.05, 0.1) is 5.71 Å². The Hall–Kier alpha value is -0.280. The summed E-state index contributed by atoms with van der Waals surface area (Å²) in [6.45, 7) is 8.12. The second-order valence-corrected chi connectivity index (χ2v) is 4.13. The van der Waals surface area contributed by atoms with Crippen LogP contribution in [0.3, 0.4) is 0 Å². The summed E-state index contributed by atoms with van der Waals surface area (Å²) >= 11 is 0. The van der Waals surface area contributed by atoms with Crippen molar-refractivity contribution < 1.29 is 4.84 Å². The number of likely N-dealkylation sites (tertiary alicyclic amines) is 1. The first-order valence-corrected chi connectivity index (χ1v) is 5.64. The Kier molecular flexibility index (Phi) is 8.82. The molecular weight excluding hydrogens is 212 g/mol. The maximum Gasteiger partial charge on any atom is 0.129 e. The fourth-order valence-corrected chi connectivity index (χ4v) is 1.70. The molecule has 0 N–H and O–H groups in total. The summed E-state index contributed by atoms with van der Waals surface area (Å²) in [6.07, 6.45) is 5.47. The molecule has 1 rings (SSSR count). The monoisotopic (exact) mass is 234 g/mol. The zero-order chi connectivity index (χ0) is 10.2. The van der Waals surface area contributed by atoms with E-state index in [1.165, 1.54) is 38.8 Å². The lowest BCUT2D eigenvalue weighted by Crippen LogP contribution is -2.28. The Labute approximate surface area is 99.3 Å². The maximum atomic E-state index is 5.18. The van der Waals surface area contributed by atoms with Crippen molar-refractivity contribution in [1.29, 1.82) is 0 Å². The Morgan fingerprint density at radius 2 is 1.73 bits per heavy atom. The number of halogens is 1. The van der Waals surface area contributed by atoms with E-state index in [1.807, 2.05) is 13.8 Å². The van der Waals surface area contributed by atoms with Crippen LogP contribution in [-0.2, 0) is 4.84 Å². The Morgan fingerprint density at radius 1 is 1.13 bits per heavy atom. The standard InChI is InChI=1S/C11H22N2O.ClH/c1-11(2)12-14-10-9-13-7-5-3-4-6-8-13;/h3-10H2,1-2H3;1H. The van der Waals surface area contributed by atoms with Crippen LogP contribution in [-0.4, -0.2) is 36.9 Å². The van der Waals surface area contributed by atoms with Gasteiger partial charge in [0.15, 0.2) is 0 Å². The van der Waals surface area contributed by atoms with Gasteiger partial charge < -0.3 is 4.84 Å². The minimum absolute atomic E-state index is 0. The van der Waals surface area contributed by atoms with Crippen molar-refractivity contribution in [2.24, 2.45) is 5.16 Å². The first kappa shape index (κ1) is 14.7. The first-order chi connectivity index (χ1) is 6.79. The van der Waals surface area contributed by atoms with Crippen molar-refractivity contribution in [3.8, 4) is 0 Å². The van der Waals surface area contributed by atoms with E-state index in [1.54, 1.807) is 0 Å². The summed E-state index contributed by atoms with van der Waals surface area (Å²) in [5.74, 6) is 0. The van der Waals surface area contributed by atoms with E-state index < -0.39 is 0 Å². The molecule has 0 aromatic carbocycles. The van der Waals surface area contributed by atoms with Crippen LogP contribution in [0.4, 0.5) is 0 Å². The predicted molar refractivity (Wildman–Crippen MR) is 66.9 cm³/mol. The van der Waals surface area contributed by atoms with Crippen molar-refractivity contribution in [3.63, 3.8) is 0 Å². The van der Waals surface area contributed by atoms with Gasteiger partial charge in [-0.05, 0) is 39.8 Å². The summed E-state index contributed by atoms with van der Waals surface area (Å²) in [6, 6.07) is 0. The van der Waals surface area contributed by atoms with Crippen molar-refractivity contribution in [1.82, 2.24) is 4.90 Å². The minimum Gasteiger partial charge on any atom is -0.395 e. The third-order valence-electron chi connectivity index (χ3n) is 2.44. The molecule has 0 aromatic heterocycles. The molecule has 0 aromatic rings. The molecule has 0 unspecified atom stereocenters. The Morgan fingerprint density at radius 3 is 2.27 bits per heavy atom. The average Bonchev–Trinajstić information content (AvgIpc) is 2.40. The van der Waals surface area contributed by atoms with Crippen LogP contribution in [0.5, 0.6) is 0 Å². The molecular formula is C11H23ClN2O. The average molecular weight is 235 g/mol. The molecule has 1 saturated heterocycles. The molecule has 1 aliphatic heterocycles. The summed E-state index contributed by atoms with van der Waals surface area (Å²) in [4.78, 5) is 7.66. The molecule has 3 nitrogen and oxygen atoms in total. The summed E-state index contributed by atoms with van der Waals surface area (Å²) in [5, 5.41) is 3.92. The van der Waals surface area contributed by atoms with Crippen molar-refractivity contribution in [3.05, 3.63) is 0 Å². The van der Waals surface area contributed by atoms with Gasteiger partial charge in [0, 0.05) is 6.54 Å². The van der Waals surface area contributed by atoms with Gasteiger partial charge in [0.2, 0.25) is 0 Å². The smallest absolute Gasteiger partial charge is 0.129 e. The molecule has 1 aliphatic rings. The van der Waals surface area contributed by atoms with Crippen LogP contribution in [0, 0.1) is 0 Å². The van der Waals surface area contributed by atoms with Crippen LogP contribution in [0.15, 0.2) is 5.16 Å². The van der Waals surface area contributed by atoms with Crippen LogP contribution in [0.1, 0.15) is 39.5 Å². The van der Waals surface area contributed by atoms with Crippen molar-refractivity contribution in [2.45, 2.75) is 39.5 Å². The zero-order valence-corrected chi connectivity index (χ0v) is 10.7. The molecule has 0 spiro atoms. The van der Waals surface area contributed by atoms with Gasteiger partial charge in [0.1, 0.15) is 6.61 Å². The molecule has 4 heteroatoms. The van der Waals surface area contributed by atoms with E-state index in [4.69, 9.17) is 4.84 Å². The van der Waals surface area contributed by atoms with E-state index in [0.717, 1.165) is 18.9 Å². The van der Waals surface area contributed by atoms with Gasteiger partial charge in [0.25, 0.3) is 0 Å². The summed E-state index contributed by atoms with van der Waals surface area (Å²) < 4.78 is 0. The lowest BCUT2D eigenvalue weighted by molar-refractivity contribution is 0.111. The van der Waals surface area contributed by atoms with E-state index in [9.17, 15) is 0 Å². The fourth-order valence-electron chi connectivity index (χ4n) is 1.70. The van der Waals surface area contributed by atoms with E-state index >= 15 is 0 Å². The first-order valence-electron chi connectivity index (χ1n) is 5.64. The van der Waals surface area contributed by atoms with Gasteiger partial charge in [-0.2, -0.15) is 0 Å². The topological polar surface area (TPSA) is 24.8 Å². The molecule has 0 amide bonds. The highest BCUT2D eigenvalue weighted by atomic mass is 35.5. The molecule has 0 atom stereocenters. The second-order valence-electron chi connectivity index (χ2n) is 4.13. The van der Waals surface area contributed by atoms with E-state index in [2.05, 4.69) is 10.1 Å². The molecule has 1 heterocycles. The molecule has 1 fully saturated rings. The highest BCUT2D eigenvalue weighted by Gasteiger charge is 2.07. The van der Waals surface area contributed by atoms with E-state index in [0.29, 0.717) is 0 Å². The Balaban J connectivity index is 0.00000196. The van der Waals surface area contributed by atoms with Gasteiger partial charge >= 0.3 is 0 Å². The van der Waals surface area contributed by atoms with Crippen LogP contribution < -0.4 is 0 Å². The summed E-state index contributed by atoms with van der Waals surface area (Å²) in [7, 11) is 0. The van der Waals surface area contributed by atoms with Gasteiger partial charge in [-0.25, -0.2) is 0 Å². The predicted octanol–water partition coefficient (Wildman–Crippen LogP) is 2.70. The van der Waals surface area contributed by atoms with Crippen LogP contribution in [0.25, 0.3) is 0 Å². The van der Waals surface area contributed by atoms with Gasteiger partial charge in [-0.15, -0.1) is 12.4 Å². The molecule has 0 aliphatic carbocycles. The Bertz CT molecular complexity index is 173. The molecule has 90 valence electrons. The fraction of sp³-hybridized carbons (Fsp3) is 0.909. The van der Waals surface area contributed by atoms with Crippen LogP contribution in [0.2, 0.25) is 0 Å². The lowest BCUT2D eigenvalue weighted by atomic mass is 10.2. The SMILES string of the molecule is CC(C)=NOCCN1CCCCCC1.Cl. The number of rotatable bonds is 4. The molecule has 15 heavy (non-hydrogen) atoms. The lowest BCUT2D eigenvalue weighted by Gasteiger charge is -2.18. The highest BCUT2D eigenvalue weighted by molar-refractivity contribution is 5.85. The third-order valence-corrected chi connectivity index (χ3v) is 2.44. The zero-order valence-electron chi connectivity index (χ0n) is 9.87. The molecule has 0 saturated carbocycles.